The topological polar surface area (TPSA) is 71.0 Å². The zero-order valence-corrected chi connectivity index (χ0v) is 15.7. The van der Waals surface area contributed by atoms with Crippen molar-refractivity contribution >= 4 is 17.6 Å². The van der Waals surface area contributed by atoms with Crippen molar-refractivity contribution in [3.8, 4) is 5.75 Å². The van der Waals surface area contributed by atoms with Crippen molar-refractivity contribution in [3.63, 3.8) is 0 Å². The van der Waals surface area contributed by atoms with Gasteiger partial charge in [-0.3, -0.25) is 14.5 Å². The molecule has 152 valence electrons. The lowest BCUT2D eigenvalue weighted by atomic mass is 10.1. The second-order valence-corrected chi connectivity index (χ2v) is 6.43. The Kier molecular flexibility index (Phi) is 5.32. The molecular formula is C20H18F3N3O3. The number of ether oxygens (including phenoxy) is 1. The number of methoxy groups -OCH3 is 1. The molecule has 0 saturated carbocycles. The van der Waals surface area contributed by atoms with Gasteiger partial charge in [-0.15, -0.1) is 0 Å². The summed E-state index contributed by atoms with van der Waals surface area (Å²) in [6, 6.07) is 14.0. The predicted molar refractivity (Wildman–Crippen MR) is 99.3 cm³/mol. The third kappa shape index (κ3) is 3.80. The molecule has 1 aliphatic heterocycles. The normalized spacial score (nSPS) is 19.1. The van der Waals surface area contributed by atoms with Crippen LogP contribution >= 0.6 is 0 Å². The van der Waals surface area contributed by atoms with Crippen molar-refractivity contribution in [2.45, 2.75) is 25.3 Å². The highest BCUT2D eigenvalue weighted by Gasteiger charge is 2.66. The highest BCUT2D eigenvalue weighted by molar-refractivity contribution is 6.10. The van der Waals surface area contributed by atoms with Crippen LogP contribution in [0.2, 0.25) is 0 Å². The van der Waals surface area contributed by atoms with Gasteiger partial charge in [0.15, 0.2) is 0 Å². The van der Waals surface area contributed by atoms with Gasteiger partial charge in [0.05, 0.1) is 13.7 Å². The first-order valence-corrected chi connectivity index (χ1v) is 8.63. The fourth-order valence-corrected chi connectivity index (χ4v) is 2.96. The number of hydrogen-bond donors (Lipinski definition) is 1. The molecule has 0 radical (unpaired) electrons. The second-order valence-electron chi connectivity index (χ2n) is 6.43. The number of carbonyl (C=O) groups excluding carboxylic acids is 2. The minimum Gasteiger partial charge on any atom is -0.497 e. The van der Waals surface area contributed by atoms with E-state index in [1.165, 1.54) is 38.3 Å². The summed E-state index contributed by atoms with van der Waals surface area (Å²) >= 11 is 0. The molecule has 2 aromatic rings. The molecule has 6 nitrogen and oxygen atoms in total. The highest BCUT2D eigenvalue weighted by atomic mass is 19.4. The van der Waals surface area contributed by atoms with Crippen molar-refractivity contribution in [1.82, 2.24) is 10.2 Å². The fourth-order valence-electron chi connectivity index (χ4n) is 2.96. The number of alkyl halides is 3. The van der Waals surface area contributed by atoms with E-state index < -0.39 is 23.7 Å². The maximum absolute atomic E-state index is 14.0. The minimum absolute atomic E-state index is 0.0587. The van der Waals surface area contributed by atoms with Crippen LogP contribution in [0.5, 0.6) is 5.75 Å². The molecule has 9 heteroatoms. The molecule has 1 aliphatic rings. The highest BCUT2D eigenvalue weighted by Crippen LogP contribution is 2.38. The van der Waals surface area contributed by atoms with Gasteiger partial charge in [0.25, 0.3) is 11.8 Å². The number of rotatable bonds is 5. The number of amides is 2. The number of amidine groups is 1. The molecular weight excluding hydrogens is 387 g/mol. The maximum atomic E-state index is 14.0. The third-order valence-electron chi connectivity index (χ3n) is 4.52. The Morgan fingerprint density at radius 2 is 1.76 bits per heavy atom. The Labute approximate surface area is 165 Å². The molecule has 2 aromatic carbocycles. The molecule has 1 atom stereocenters. The molecule has 1 unspecified atom stereocenters. The largest absolute Gasteiger partial charge is 0.497 e. The lowest BCUT2D eigenvalue weighted by Crippen LogP contribution is -2.63. The van der Waals surface area contributed by atoms with Gasteiger partial charge < -0.3 is 10.1 Å². The van der Waals surface area contributed by atoms with E-state index in [-0.39, 0.29) is 17.9 Å². The van der Waals surface area contributed by atoms with E-state index in [0.717, 1.165) is 4.90 Å². The van der Waals surface area contributed by atoms with Gasteiger partial charge in [0.2, 0.25) is 0 Å². The summed E-state index contributed by atoms with van der Waals surface area (Å²) in [5, 5.41) is 1.80. The first-order chi connectivity index (χ1) is 13.7. The van der Waals surface area contributed by atoms with Crippen LogP contribution in [-0.4, -0.2) is 41.5 Å². The van der Waals surface area contributed by atoms with E-state index in [4.69, 9.17) is 4.74 Å². The van der Waals surface area contributed by atoms with Crippen molar-refractivity contribution in [2.24, 2.45) is 4.99 Å². The molecule has 0 aliphatic carbocycles. The number of hydrogen-bond acceptors (Lipinski definition) is 4. The molecule has 29 heavy (non-hydrogen) atoms. The lowest BCUT2D eigenvalue weighted by molar-refractivity contribution is -0.196. The molecule has 2 amide bonds. The summed E-state index contributed by atoms with van der Waals surface area (Å²) in [4.78, 5) is 29.8. The van der Waals surface area contributed by atoms with Crippen LogP contribution < -0.4 is 10.1 Å². The number of nitrogens with one attached hydrogen (secondary N) is 1. The molecule has 0 bridgehead atoms. The molecule has 0 aromatic heterocycles. The van der Waals surface area contributed by atoms with E-state index >= 15 is 0 Å². The van der Waals surface area contributed by atoms with E-state index in [0.29, 0.717) is 11.3 Å². The number of benzene rings is 2. The number of nitrogens with zero attached hydrogens (tertiary/aromatic N) is 2. The molecule has 1 heterocycles. The summed E-state index contributed by atoms with van der Waals surface area (Å²) in [5.74, 6) is -2.12. The van der Waals surface area contributed by atoms with Crippen LogP contribution in [0.25, 0.3) is 0 Å². The van der Waals surface area contributed by atoms with Crippen LogP contribution in [0.1, 0.15) is 22.8 Å². The van der Waals surface area contributed by atoms with Gasteiger partial charge in [-0.25, -0.2) is 4.99 Å². The zero-order valence-electron chi connectivity index (χ0n) is 15.7. The summed E-state index contributed by atoms with van der Waals surface area (Å²) < 4.78 is 46.8. The lowest BCUT2D eigenvalue weighted by Gasteiger charge is -2.29. The first kappa shape index (κ1) is 20.4. The van der Waals surface area contributed by atoms with Gasteiger partial charge in [0, 0.05) is 5.56 Å². The monoisotopic (exact) mass is 405 g/mol. The average molecular weight is 405 g/mol. The Hall–Kier alpha value is -3.36. The standard InChI is InChI=1S/C20H18F3N3O3/c1-13-24-19(20(21,22)23,18(28)26(13)12-14-6-4-3-5-7-14)25-17(27)15-8-10-16(29-2)11-9-15/h3-11H,12H2,1-2H3,(H,25,27). The molecule has 1 N–H and O–H groups in total. The third-order valence-corrected chi connectivity index (χ3v) is 4.52. The zero-order chi connectivity index (χ0) is 21.2. The molecule has 0 saturated heterocycles. The van der Waals surface area contributed by atoms with Crippen LogP contribution in [-0.2, 0) is 11.3 Å². The van der Waals surface area contributed by atoms with Crippen LogP contribution in [0, 0.1) is 0 Å². The van der Waals surface area contributed by atoms with Crippen LogP contribution in [0.4, 0.5) is 13.2 Å². The van der Waals surface area contributed by atoms with Gasteiger partial charge in [-0.05, 0) is 36.8 Å². The van der Waals surface area contributed by atoms with E-state index in [9.17, 15) is 22.8 Å². The Balaban J connectivity index is 1.91. The predicted octanol–water partition coefficient (Wildman–Crippen LogP) is 3.14. The Morgan fingerprint density at radius 1 is 1.14 bits per heavy atom. The van der Waals surface area contributed by atoms with E-state index in [1.54, 1.807) is 35.6 Å². The summed E-state index contributed by atoms with van der Waals surface area (Å²) in [6.07, 6.45) is -5.13. The summed E-state index contributed by atoms with van der Waals surface area (Å²) in [6.45, 7) is 1.21. The molecule has 3 rings (SSSR count). The maximum Gasteiger partial charge on any atom is 0.442 e. The van der Waals surface area contributed by atoms with E-state index in [1.807, 2.05) is 0 Å². The van der Waals surface area contributed by atoms with Crippen LogP contribution in [0.15, 0.2) is 59.6 Å². The van der Waals surface area contributed by atoms with Crippen molar-refractivity contribution in [2.75, 3.05) is 7.11 Å². The quantitative estimate of drug-likeness (QED) is 0.831. The molecule has 0 fully saturated rings. The number of aliphatic imine (C=N–C) groups is 1. The van der Waals surface area contributed by atoms with Gasteiger partial charge in [-0.2, -0.15) is 13.2 Å². The molecule has 0 spiro atoms. The second kappa shape index (κ2) is 7.57. The smallest absolute Gasteiger partial charge is 0.442 e. The Bertz CT molecular complexity index is 943. The SMILES string of the molecule is COc1ccc(C(=O)NC2(C(F)(F)F)N=C(C)N(Cc3ccccc3)C2=O)cc1. The fraction of sp³-hybridized carbons (Fsp3) is 0.250. The van der Waals surface area contributed by atoms with Crippen molar-refractivity contribution in [3.05, 3.63) is 65.7 Å². The first-order valence-electron chi connectivity index (χ1n) is 8.63. The minimum atomic E-state index is -5.13. The van der Waals surface area contributed by atoms with Crippen molar-refractivity contribution < 1.29 is 27.5 Å². The summed E-state index contributed by atoms with van der Waals surface area (Å²) in [7, 11) is 1.42. The number of halogens is 3. The van der Waals surface area contributed by atoms with Gasteiger partial charge in [-0.1, -0.05) is 30.3 Å². The average Bonchev–Trinajstić information content (AvgIpc) is 2.94. The summed E-state index contributed by atoms with van der Waals surface area (Å²) in [5.41, 5.74) is -2.80. The van der Waals surface area contributed by atoms with Gasteiger partial charge >= 0.3 is 11.8 Å². The van der Waals surface area contributed by atoms with E-state index in [2.05, 4.69) is 4.99 Å². The van der Waals surface area contributed by atoms with Crippen molar-refractivity contribution in [1.29, 1.82) is 0 Å². The van der Waals surface area contributed by atoms with Crippen LogP contribution in [0.3, 0.4) is 0 Å². The Morgan fingerprint density at radius 3 is 2.31 bits per heavy atom. The van der Waals surface area contributed by atoms with Gasteiger partial charge in [0.1, 0.15) is 11.6 Å². The number of carbonyl (C=O) groups is 2.